The van der Waals surface area contributed by atoms with Gasteiger partial charge in [-0.3, -0.25) is 4.79 Å². The van der Waals surface area contributed by atoms with Gasteiger partial charge in [-0.1, -0.05) is 0 Å². The van der Waals surface area contributed by atoms with Gasteiger partial charge in [0.1, 0.15) is 0 Å². The fraction of sp³-hybridized carbons (Fsp3) is 0.533. The minimum atomic E-state index is -0.383. The molecule has 1 aliphatic carbocycles. The van der Waals surface area contributed by atoms with Gasteiger partial charge in [0.15, 0.2) is 0 Å². The molecular formula is C15H20N2O2. The number of amides is 1. The Morgan fingerprint density at radius 1 is 1.32 bits per heavy atom. The molecule has 3 rings (SSSR count). The normalized spacial score (nSPS) is 24.7. The standard InChI is InChI=1S/C15H20N2O2/c16-14(18)11-2-4-12(5-3-11)17-13-6-9-19-15(10-13)7-1-8-15/h2-5,13,17H,1,6-10H2,(H2,16,18). The van der Waals surface area contributed by atoms with E-state index in [0.29, 0.717) is 11.6 Å². The first-order chi connectivity index (χ1) is 9.17. The number of primary amides is 1. The van der Waals surface area contributed by atoms with E-state index in [4.69, 9.17) is 10.5 Å². The summed E-state index contributed by atoms with van der Waals surface area (Å²) in [4.78, 5) is 11.0. The van der Waals surface area contributed by atoms with Crippen LogP contribution < -0.4 is 11.1 Å². The number of hydrogen-bond acceptors (Lipinski definition) is 3. The molecule has 19 heavy (non-hydrogen) atoms. The molecule has 2 aliphatic rings. The topological polar surface area (TPSA) is 64.4 Å². The molecule has 4 nitrogen and oxygen atoms in total. The number of nitrogens with one attached hydrogen (secondary N) is 1. The maximum Gasteiger partial charge on any atom is 0.248 e. The van der Waals surface area contributed by atoms with Gasteiger partial charge in [-0.25, -0.2) is 0 Å². The van der Waals surface area contributed by atoms with Crippen molar-refractivity contribution < 1.29 is 9.53 Å². The minimum Gasteiger partial charge on any atom is -0.382 e. The van der Waals surface area contributed by atoms with Gasteiger partial charge in [-0.15, -0.1) is 0 Å². The van der Waals surface area contributed by atoms with E-state index < -0.39 is 0 Å². The highest BCUT2D eigenvalue weighted by atomic mass is 16.5. The second-order valence-corrected chi connectivity index (χ2v) is 5.66. The van der Waals surface area contributed by atoms with E-state index in [9.17, 15) is 4.79 Å². The van der Waals surface area contributed by atoms with Crippen molar-refractivity contribution >= 4 is 11.6 Å². The van der Waals surface area contributed by atoms with Crippen LogP contribution in [0.4, 0.5) is 5.69 Å². The molecule has 1 aromatic carbocycles. The van der Waals surface area contributed by atoms with E-state index in [1.54, 1.807) is 12.1 Å². The molecule has 1 amide bonds. The molecule has 1 saturated carbocycles. The average molecular weight is 260 g/mol. The third-order valence-electron chi connectivity index (χ3n) is 4.30. The average Bonchev–Trinajstić information content (AvgIpc) is 2.38. The van der Waals surface area contributed by atoms with Crippen LogP contribution in [0.5, 0.6) is 0 Å². The van der Waals surface area contributed by atoms with Gasteiger partial charge in [-0.05, 0) is 56.4 Å². The Hall–Kier alpha value is -1.55. The van der Waals surface area contributed by atoms with Crippen LogP contribution in [0.1, 0.15) is 42.5 Å². The highest BCUT2D eigenvalue weighted by Gasteiger charge is 2.42. The van der Waals surface area contributed by atoms with Gasteiger partial charge in [0, 0.05) is 23.9 Å². The highest BCUT2D eigenvalue weighted by molar-refractivity contribution is 5.93. The smallest absolute Gasteiger partial charge is 0.248 e. The van der Waals surface area contributed by atoms with Crippen LogP contribution in [-0.4, -0.2) is 24.2 Å². The van der Waals surface area contributed by atoms with Crippen molar-refractivity contribution in [3.05, 3.63) is 29.8 Å². The lowest BCUT2D eigenvalue weighted by molar-refractivity contribution is -0.130. The van der Waals surface area contributed by atoms with Gasteiger partial charge < -0.3 is 15.8 Å². The predicted octanol–water partition coefficient (Wildman–Crippen LogP) is 2.30. The maximum atomic E-state index is 11.0. The van der Waals surface area contributed by atoms with Gasteiger partial charge in [0.25, 0.3) is 0 Å². The summed E-state index contributed by atoms with van der Waals surface area (Å²) in [5.41, 5.74) is 6.99. The molecule has 1 heterocycles. The molecule has 3 N–H and O–H groups in total. The van der Waals surface area contributed by atoms with Crippen LogP contribution in [0.3, 0.4) is 0 Å². The summed E-state index contributed by atoms with van der Waals surface area (Å²) in [6.07, 6.45) is 5.82. The summed E-state index contributed by atoms with van der Waals surface area (Å²) in [5.74, 6) is -0.383. The first-order valence-electron chi connectivity index (χ1n) is 6.97. The van der Waals surface area contributed by atoms with Crippen LogP contribution in [0.15, 0.2) is 24.3 Å². The zero-order valence-electron chi connectivity index (χ0n) is 11.0. The first kappa shape index (κ1) is 12.5. The summed E-state index contributed by atoms with van der Waals surface area (Å²) in [6.45, 7) is 0.844. The zero-order valence-corrected chi connectivity index (χ0v) is 11.0. The lowest BCUT2D eigenvalue weighted by Gasteiger charge is -2.47. The van der Waals surface area contributed by atoms with Crippen LogP contribution in [0.2, 0.25) is 0 Å². The van der Waals surface area contributed by atoms with Gasteiger partial charge in [-0.2, -0.15) is 0 Å². The number of nitrogens with two attached hydrogens (primary N) is 1. The molecule has 1 atom stereocenters. The van der Waals surface area contributed by atoms with E-state index in [1.807, 2.05) is 12.1 Å². The number of ether oxygens (including phenoxy) is 1. The second kappa shape index (κ2) is 4.85. The Balaban J connectivity index is 1.62. The number of carbonyl (C=O) groups excluding carboxylic acids is 1. The third-order valence-corrected chi connectivity index (χ3v) is 4.30. The molecule has 1 aliphatic heterocycles. The van der Waals surface area contributed by atoms with E-state index >= 15 is 0 Å². The minimum absolute atomic E-state index is 0.156. The van der Waals surface area contributed by atoms with Crippen LogP contribution >= 0.6 is 0 Å². The zero-order chi connectivity index (χ0) is 13.3. The lowest BCUT2D eigenvalue weighted by Crippen LogP contribution is -2.49. The van der Waals surface area contributed by atoms with E-state index in [2.05, 4.69) is 5.32 Å². The summed E-state index contributed by atoms with van der Waals surface area (Å²) in [5, 5.41) is 3.54. The fourth-order valence-corrected chi connectivity index (χ4v) is 3.04. The number of carbonyl (C=O) groups is 1. The molecule has 1 saturated heterocycles. The summed E-state index contributed by atoms with van der Waals surface area (Å²) in [7, 11) is 0. The van der Waals surface area contributed by atoms with Gasteiger partial charge in [0.2, 0.25) is 5.91 Å². The second-order valence-electron chi connectivity index (χ2n) is 5.66. The molecule has 1 unspecified atom stereocenters. The highest BCUT2D eigenvalue weighted by Crippen LogP contribution is 2.42. The lowest BCUT2D eigenvalue weighted by atomic mass is 9.74. The summed E-state index contributed by atoms with van der Waals surface area (Å²) in [6, 6.07) is 7.84. The van der Waals surface area contributed by atoms with Crippen LogP contribution in [0, 0.1) is 0 Å². The largest absolute Gasteiger partial charge is 0.382 e. The van der Waals surface area contributed by atoms with E-state index in [0.717, 1.165) is 25.1 Å². The van der Waals surface area contributed by atoms with Crippen molar-refractivity contribution in [1.82, 2.24) is 0 Å². The van der Waals surface area contributed by atoms with Crippen molar-refractivity contribution in [2.75, 3.05) is 11.9 Å². The molecule has 0 aromatic heterocycles. The van der Waals surface area contributed by atoms with Gasteiger partial charge >= 0.3 is 0 Å². The molecule has 102 valence electrons. The monoisotopic (exact) mass is 260 g/mol. The van der Waals surface area contributed by atoms with Crippen molar-refractivity contribution in [1.29, 1.82) is 0 Å². The Labute approximate surface area is 113 Å². The molecule has 2 fully saturated rings. The fourth-order valence-electron chi connectivity index (χ4n) is 3.04. The van der Waals surface area contributed by atoms with Crippen molar-refractivity contribution in [3.63, 3.8) is 0 Å². The maximum absolute atomic E-state index is 11.0. The van der Waals surface area contributed by atoms with E-state index in [-0.39, 0.29) is 11.5 Å². The SMILES string of the molecule is NC(=O)c1ccc(NC2CCOC3(CCC3)C2)cc1. The Morgan fingerprint density at radius 2 is 2.05 bits per heavy atom. The van der Waals surface area contributed by atoms with Crippen molar-refractivity contribution in [2.24, 2.45) is 5.73 Å². The molecule has 0 bridgehead atoms. The number of benzene rings is 1. The third kappa shape index (κ3) is 2.59. The Bertz CT molecular complexity index is 466. The van der Waals surface area contributed by atoms with Crippen molar-refractivity contribution in [3.8, 4) is 0 Å². The molecular weight excluding hydrogens is 240 g/mol. The molecule has 0 radical (unpaired) electrons. The molecule has 1 spiro atoms. The number of rotatable bonds is 3. The number of anilines is 1. The van der Waals surface area contributed by atoms with Crippen LogP contribution in [-0.2, 0) is 4.74 Å². The molecule has 1 aromatic rings. The summed E-state index contributed by atoms with van der Waals surface area (Å²) >= 11 is 0. The first-order valence-corrected chi connectivity index (χ1v) is 6.97. The quantitative estimate of drug-likeness (QED) is 0.876. The van der Waals surface area contributed by atoms with Crippen LogP contribution in [0.25, 0.3) is 0 Å². The Kier molecular flexibility index (Phi) is 3.19. The number of hydrogen-bond donors (Lipinski definition) is 2. The van der Waals surface area contributed by atoms with E-state index in [1.165, 1.54) is 19.3 Å². The van der Waals surface area contributed by atoms with Gasteiger partial charge in [0.05, 0.1) is 5.60 Å². The van der Waals surface area contributed by atoms with Crippen molar-refractivity contribution in [2.45, 2.75) is 43.7 Å². The molecule has 4 heteroatoms. The predicted molar refractivity (Wildman–Crippen MR) is 74.1 cm³/mol. The Morgan fingerprint density at radius 3 is 2.63 bits per heavy atom. The summed E-state index contributed by atoms with van der Waals surface area (Å²) < 4.78 is 5.92.